The van der Waals surface area contributed by atoms with Crippen molar-refractivity contribution < 1.29 is 8.42 Å². The van der Waals surface area contributed by atoms with E-state index in [-0.39, 0.29) is 0 Å². The second kappa shape index (κ2) is 8.50. The molecule has 0 atom stereocenters. The Hall–Kier alpha value is -2.20. The average molecular weight is 434 g/mol. The van der Waals surface area contributed by atoms with Crippen molar-refractivity contribution in [3.05, 3.63) is 23.5 Å². The summed E-state index contributed by atoms with van der Waals surface area (Å²) in [5, 5.41) is 13.2. The minimum Gasteiger partial charge on any atom is -0.355 e. The van der Waals surface area contributed by atoms with Gasteiger partial charge >= 0.3 is 0 Å². The zero-order valence-corrected chi connectivity index (χ0v) is 18.9. The van der Waals surface area contributed by atoms with Gasteiger partial charge in [0.15, 0.2) is 11.6 Å². The number of rotatable bonds is 5. The van der Waals surface area contributed by atoms with Crippen LogP contribution in [0.15, 0.2) is 17.0 Å². The Balaban J connectivity index is 1.43. The third-order valence-electron chi connectivity index (χ3n) is 6.09. The van der Waals surface area contributed by atoms with Gasteiger partial charge in [-0.2, -0.15) is 9.40 Å². The molecule has 9 nitrogen and oxygen atoms in total. The molecule has 0 spiro atoms. The van der Waals surface area contributed by atoms with E-state index in [2.05, 4.69) is 25.1 Å². The molecule has 2 aliphatic heterocycles. The molecule has 10 heteroatoms. The van der Waals surface area contributed by atoms with Gasteiger partial charge in [0.2, 0.25) is 10.0 Å². The van der Waals surface area contributed by atoms with Crippen LogP contribution in [0, 0.1) is 13.8 Å². The Labute approximate surface area is 178 Å². The van der Waals surface area contributed by atoms with Crippen molar-refractivity contribution in [2.75, 3.05) is 49.1 Å². The van der Waals surface area contributed by atoms with E-state index in [0.717, 1.165) is 24.7 Å². The molecule has 0 aromatic carbocycles. The van der Waals surface area contributed by atoms with Crippen LogP contribution in [0.1, 0.15) is 37.6 Å². The second-order valence-corrected chi connectivity index (χ2v) is 9.88. The number of aryl methyl sites for hydroxylation is 2. The quantitative estimate of drug-likeness (QED) is 0.711. The Morgan fingerprint density at radius 3 is 1.93 bits per heavy atom. The summed E-state index contributed by atoms with van der Waals surface area (Å²) in [6.45, 7) is 10.3. The van der Waals surface area contributed by atoms with Crippen LogP contribution in [-0.2, 0) is 16.6 Å². The summed E-state index contributed by atoms with van der Waals surface area (Å²) in [5.74, 6) is 1.73. The normalized spacial score (nSPS) is 18.8. The van der Waals surface area contributed by atoms with Gasteiger partial charge in [0.1, 0.15) is 4.90 Å². The summed E-state index contributed by atoms with van der Waals surface area (Å²) in [7, 11) is -3.56. The lowest BCUT2D eigenvalue weighted by Crippen LogP contribution is -2.49. The zero-order valence-electron chi connectivity index (χ0n) is 18.1. The van der Waals surface area contributed by atoms with Crippen LogP contribution in [0.5, 0.6) is 0 Å². The molecule has 2 saturated heterocycles. The van der Waals surface area contributed by atoms with Crippen LogP contribution in [0.2, 0.25) is 0 Å². The van der Waals surface area contributed by atoms with E-state index in [1.54, 1.807) is 15.9 Å². The maximum Gasteiger partial charge on any atom is 0.246 e. The highest BCUT2D eigenvalue weighted by Gasteiger charge is 2.33. The van der Waals surface area contributed by atoms with Crippen LogP contribution in [0.4, 0.5) is 11.6 Å². The molecule has 4 heterocycles. The van der Waals surface area contributed by atoms with E-state index in [1.165, 1.54) is 19.3 Å². The second-order valence-electron chi connectivity index (χ2n) is 8.00. The van der Waals surface area contributed by atoms with Gasteiger partial charge in [-0.05, 0) is 52.2 Å². The molecule has 164 valence electrons. The van der Waals surface area contributed by atoms with E-state index < -0.39 is 10.0 Å². The summed E-state index contributed by atoms with van der Waals surface area (Å²) in [4.78, 5) is 4.74. The Bertz CT molecular complexity index is 973. The van der Waals surface area contributed by atoms with Crippen molar-refractivity contribution in [3.8, 4) is 0 Å². The average Bonchev–Trinajstić information content (AvgIpc) is 3.08. The maximum atomic E-state index is 13.2. The maximum absolute atomic E-state index is 13.2. The Morgan fingerprint density at radius 1 is 0.867 bits per heavy atom. The first-order chi connectivity index (χ1) is 14.4. The molecule has 0 radical (unpaired) electrons. The molecule has 0 saturated carbocycles. The minimum absolute atomic E-state index is 0.350. The third-order valence-corrected chi connectivity index (χ3v) is 8.24. The summed E-state index contributed by atoms with van der Waals surface area (Å²) < 4.78 is 29.8. The van der Waals surface area contributed by atoms with Crippen LogP contribution >= 0.6 is 0 Å². The van der Waals surface area contributed by atoms with Crippen molar-refractivity contribution >= 4 is 21.7 Å². The van der Waals surface area contributed by atoms with Gasteiger partial charge in [0.05, 0.1) is 11.4 Å². The number of piperidine rings is 1. The van der Waals surface area contributed by atoms with Gasteiger partial charge in [-0.25, -0.2) is 8.42 Å². The standard InChI is InChI=1S/C20H31N7O2S/c1-4-27-17(3)20(16(2)23-27)30(28,29)26-14-12-25(13-15-26)19-9-8-18(21-22-19)24-10-6-5-7-11-24/h8-9H,4-7,10-15H2,1-3H3. The summed E-state index contributed by atoms with van der Waals surface area (Å²) in [6.07, 6.45) is 3.69. The van der Waals surface area contributed by atoms with Crippen molar-refractivity contribution in [1.29, 1.82) is 0 Å². The first-order valence-electron chi connectivity index (χ1n) is 10.8. The fraction of sp³-hybridized carbons (Fsp3) is 0.650. The predicted octanol–water partition coefficient (Wildman–Crippen LogP) is 1.81. The largest absolute Gasteiger partial charge is 0.355 e. The number of anilines is 2. The number of hydrogen-bond acceptors (Lipinski definition) is 7. The van der Waals surface area contributed by atoms with E-state index in [9.17, 15) is 8.42 Å². The Kier molecular flexibility index (Phi) is 5.97. The number of nitrogens with zero attached hydrogens (tertiary/aromatic N) is 7. The molecule has 4 rings (SSSR count). The first-order valence-corrected chi connectivity index (χ1v) is 12.2. The molecule has 2 aliphatic rings. The molecule has 2 aromatic heterocycles. The first kappa shape index (κ1) is 21.0. The van der Waals surface area contributed by atoms with Crippen LogP contribution in [0.25, 0.3) is 0 Å². The van der Waals surface area contributed by atoms with E-state index >= 15 is 0 Å². The molecule has 0 bridgehead atoms. The predicted molar refractivity (Wildman–Crippen MR) is 116 cm³/mol. The topological polar surface area (TPSA) is 87.5 Å². The summed E-state index contributed by atoms with van der Waals surface area (Å²) >= 11 is 0. The van der Waals surface area contributed by atoms with E-state index in [0.29, 0.717) is 49.0 Å². The molecular formula is C20H31N7O2S. The SMILES string of the molecule is CCn1nc(C)c(S(=O)(=O)N2CCN(c3ccc(N4CCCCC4)nn3)CC2)c1C. The van der Waals surface area contributed by atoms with Crippen LogP contribution in [-0.4, -0.2) is 72.0 Å². The molecule has 0 unspecified atom stereocenters. The smallest absolute Gasteiger partial charge is 0.246 e. The lowest BCUT2D eigenvalue weighted by atomic mass is 10.1. The fourth-order valence-electron chi connectivity index (χ4n) is 4.43. The lowest BCUT2D eigenvalue weighted by molar-refractivity contribution is 0.383. The summed E-state index contributed by atoms with van der Waals surface area (Å²) in [6, 6.07) is 4.03. The third kappa shape index (κ3) is 3.90. The molecule has 0 N–H and O–H groups in total. The lowest BCUT2D eigenvalue weighted by Gasteiger charge is -2.34. The van der Waals surface area contributed by atoms with Gasteiger partial charge in [0.25, 0.3) is 0 Å². The zero-order chi connectivity index (χ0) is 21.3. The Morgan fingerprint density at radius 2 is 1.43 bits per heavy atom. The molecule has 2 fully saturated rings. The van der Waals surface area contributed by atoms with Crippen molar-refractivity contribution in [2.45, 2.75) is 51.5 Å². The minimum atomic E-state index is -3.56. The highest BCUT2D eigenvalue weighted by molar-refractivity contribution is 7.89. The molecular weight excluding hydrogens is 402 g/mol. The monoisotopic (exact) mass is 433 g/mol. The van der Waals surface area contributed by atoms with E-state index in [1.807, 2.05) is 26.0 Å². The fourth-order valence-corrected chi connectivity index (χ4v) is 6.22. The van der Waals surface area contributed by atoms with Crippen molar-refractivity contribution in [3.63, 3.8) is 0 Å². The van der Waals surface area contributed by atoms with E-state index in [4.69, 9.17) is 0 Å². The molecule has 0 aliphatic carbocycles. The highest BCUT2D eigenvalue weighted by Crippen LogP contribution is 2.26. The number of piperazine rings is 1. The summed E-state index contributed by atoms with van der Waals surface area (Å²) in [5.41, 5.74) is 1.27. The number of aromatic nitrogens is 4. The van der Waals surface area contributed by atoms with Gasteiger partial charge < -0.3 is 9.80 Å². The molecule has 2 aromatic rings. The van der Waals surface area contributed by atoms with Gasteiger partial charge in [-0.15, -0.1) is 10.2 Å². The van der Waals surface area contributed by atoms with Crippen LogP contribution in [0.3, 0.4) is 0 Å². The van der Waals surface area contributed by atoms with Gasteiger partial charge in [-0.1, -0.05) is 0 Å². The highest BCUT2D eigenvalue weighted by atomic mass is 32.2. The number of hydrogen-bond donors (Lipinski definition) is 0. The molecule has 0 amide bonds. The van der Waals surface area contributed by atoms with Crippen molar-refractivity contribution in [1.82, 2.24) is 24.3 Å². The molecule has 30 heavy (non-hydrogen) atoms. The van der Waals surface area contributed by atoms with Gasteiger partial charge in [-0.3, -0.25) is 4.68 Å². The number of sulfonamides is 1. The van der Waals surface area contributed by atoms with Crippen molar-refractivity contribution in [2.24, 2.45) is 0 Å². The van der Waals surface area contributed by atoms with Gasteiger partial charge in [0, 0.05) is 45.8 Å². The van der Waals surface area contributed by atoms with Crippen LogP contribution < -0.4 is 9.80 Å².